The van der Waals surface area contributed by atoms with E-state index in [1.165, 1.54) is 6.21 Å². The second-order valence-electron chi connectivity index (χ2n) is 6.24. The topological polar surface area (TPSA) is 70.9 Å². The molecule has 3 rings (SSSR count). The number of nitrogens with one attached hydrogen (secondary N) is 1. The fourth-order valence-electron chi connectivity index (χ4n) is 2.58. The first-order chi connectivity index (χ1) is 14.5. The molecular weight excluding hydrogens is 536 g/mol. The van der Waals surface area contributed by atoms with Crippen LogP contribution in [0.1, 0.15) is 22.8 Å². The van der Waals surface area contributed by atoms with Gasteiger partial charge in [0.25, 0.3) is 5.91 Å². The quantitative estimate of drug-likeness (QED) is 0.295. The van der Waals surface area contributed by atoms with Crippen LogP contribution in [-0.2, 0) is 11.4 Å². The molecule has 2 N–H and O–H groups in total. The van der Waals surface area contributed by atoms with Crippen molar-refractivity contribution in [2.24, 2.45) is 5.10 Å². The number of carbonyl (C=O) groups is 1. The summed E-state index contributed by atoms with van der Waals surface area (Å²) in [5, 5.41) is 14.6. The van der Waals surface area contributed by atoms with E-state index in [2.05, 4.69) is 42.4 Å². The van der Waals surface area contributed by atoms with Crippen LogP contribution >= 0.6 is 43.5 Å². The van der Waals surface area contributed by atoms with Crippen molar-refractivity contribution in [2.75, 3.05) is 0 Å². The number of nitrogens with zero attached hydrogens (tertiary/aromatic N) is 1. The number of aliphatic hydroxyl groups excluding tert-OH is 1. The summed E-state index contributed by atoms with van der Waals surface area (Å²) in [5.74, 6) is 0.00544. The summed E-state index contributed by atoms with van der Waals surface area (Å²) >= 11 is 13.1. The average Bonchev–Trinajstić information content (AvgIpc) is 2.74. The van der Waals surface area contributed by atoms with Gasteiger partial charge >= 0.3 is 0 Å². The number of amides is 1. The van der Waals surface area contributed by atoms with Gasteiger partial charge in [-0.1, -0.05) is 60.1 Å². The molecule has 0 unspecified atom stereocenters. The Morgan fingerprint density at radius 3 is 2.40 bits per heavy atom. The Morgan fingerprint density at radius 1 is 1.10 bits per heavy atom. The Hall–Kier alpha value is -2.19. The van der Waals surface area contributed by atoms with Gasteiger partial charge in [0.05, 0.1) is 15.2 Å². The molecule has 0 radical (unpaired) electrons. The predicted octanol–water partition coefficient (Wildman–Crippen LogP) is 5.63. The zero-order valence-electron chi connectivity index (χ0n) is 15.6. The minimum absolute atomic E-state index is 0.317. The van der Waals surface area contributed by atoms with E-state index in [1.54, 1.807) is 36.4 Å². The summed E-state index contributed by atoms with van der Waals surface area (Å²) in [5.41, 5.74) is 4.43. The van der Waals surface area contributed by atoms with Crippen LogP contribution in [0.4, 0.5) is 0 Å². The molecule has 0 spiro atoms. The first-order valence-corrected chi connectivity index (χ1v) is 10.8. The van der Waals surface area contributed by atoms with E-state index in [9.17, 15) is 9.90 Å². The molecule has 8 heteroatoms. The maximum Gasteiger partial charge on any atom is 0.273 e. The molecule has 0 aliphatic heterocycles. The standard InChI is InChI=1S/C22H17Br2ClN2O3/c23-17-10-14(12-26-27-22(29)20(28)15-6-2-1-3-7-15)11-18(24)21(17)30-13-16-8-4-5-9-19(16)25/h1-12,20,28H,13H2,(H,27,29)/b26-12-/t20-/m1/s1. The second kappa shape index (κ2) is 10.7. The molecule has 3 aromatic rings. The van der Waals surface area contributed by atoms with Crippen LogP contribution in [0.5, 0.6) is 5.75 Å². The summed E-state index contributed by atoms with van der Waals surface area (Å²) in [6.07, 6.45) is 0.186. The smallest absolute Gasteiger partial charge is 0.273 e. The summed E-state index contributed by atoms with van der Waals surface area (Å²) < 4.78 is 7.31. The molecule has 0 saturated heterocycles. The largest absolute Gasteiger partial charge is 0.486 e. The third-order valence-corrected chi connectivity index (χ3v) is 5.65. The van der Waals surface area contributed by atoms with Crippen LogP contribution in [0, 0.1) is 0 Å². The fraction of sp³-hybridized carbons (Fsp3) is 0.0909. The molecule has 0 fully saturated rings. The van der Waals surface area contributed by atoms with Gasteiger partial charge in [-0.2, -0.15) is 5.10 Å². The van der Waals surface area contributed by atoms with Crippen molar-refractivity contribution in [3.63, 3.8) is 0 Å². The predicted molar refractivity (Wildman–Crippen MR) is 125 cm³/mol. The maximum atomic E-state index is 12.0. The third-order valence-electron chi connectivity index (χ3n) is 4.10. The lowest BCUT2D eigenvalue weighted by molar-refractivity contribution is -0.129. The van der Waals surface area contributed by atoms with Crippen molar-refractivity contribution < 1.29 is 14.6 Å². The molecule has 0 aromatic heterocycles. The van der Waals surface area contributed by atoms with Crippen LogP contribution in [0.25, 0.3) is 0 Å². The van der Waals surface area contributed by atoms with Gasteiger partial charge in [0.1, 0.15) is 12.4 Å². The van der Waals surface area contributed by atoms with Crippen molar-refractivity contribution >= 4 is 55.6 Å². The van der Waals surface area contributed by atoms with E-state index in [0.29, 0.717) is 37.5 Å². The van der Waals surface area contributed by atoms with Gasteiger partial charge < -0.3 is 9.84 Å². The molecule has 1 atom stereocenters. The van der Waals surface area contributed by atoms with E-state index in [4.69, 9.17) is 16.3 Å². The number of hydrogen-bond donors (Lipinski definition) is 2. The summed E-state index contributed by atoms with van der Waals surface area (Å²) in [7, 11) is 0. The lowest BCUT2D eigenvalue weighted by Crippen LogP contribution is -2.25. The molecule has 154 valence electrons. The van der Waals surface area contributed by atoms with Crippen LogP contribution in [0.2, 0.25) is 5.02 Å². The van der Waals surface area contributed by atoms with Crippen molar-refractivity contribution in [3.05, 3.63) is 97.4 Å². The fourth-order valence-corrected chi connectivity index (χ4v) is 4.22. The Bertz CT molecular complexity index is 1040. The number of halogens is 3. The molecule has 0 aliphatic rings. The lowest BCUT2D eigenvalue weighted by atomic mass is 10.1. The molecule has 5 nitrogen and oxygen atoms in total. The highest BCUT2D eigenvalue weighted by atomic mass is 79.9. The van der Waals surface area contributed by atoms with Crippen LogP contribution in [0.15, 0.2) is 80.8 Å². The van der Waals surface area contributed by atoms with Crippen molar-refractivity contribution in [2.45, 2.75) is 12.7 Å². The molecular formula is C22H17Br2ClN2O3. The van der Waals surface area contributed by atoms with Gasteiger partial charge in [0, 0.05) is 10.6 Å². The number of aliphatic hydroxyl groups is 1. The van der Waals surface area contributed by atoms with Crippen LogP contribution < -0.4 is 10.2 Å². The number of ether oxygens (including phenoxy) is 1. The average molecular weight is 553 g/mol. The van der Waals surface area contributed by atoms with Crippen LogP contribution in [0.3, 0.4) is 0 Å². The van der Waals surface area contributed by atoms with Gasteiger partial charge in [-0.25, -0.2) is 5.43 Å². The number of hydrazone groups is 1. The minimum atomic E-state index is -1.29. The van der Waals surface area contributed by atoms with Gasteiger partial charge in [0.2, 0.25) is 0 Å². The number of hydrogen-bond acceptors (Lipinski definition) is 4. The van der Waals surface area contributed by atoms with E-state index >= 15 is 0 Å². The maximum absolute atomic E-state index is 12.0. The van der Waals surface area contributed by atoms with E-state index < -0.39 is 12.0 Å². The lowest BCUT2D eigenvalue weighted by Gasteiger charge is -2.12. The van der Waals surface area contributed by atoms with Gasteiger partial charge in [-0.3, -0.25) is 4.79 Å². The molecule has 0 heterocycles. The van der Waals surface area contributed by atoms with Gasteiger partial charge in [-0.15, -0.1) is 0 Å². The molecule has 30 heavy (non-hydrogen) atoms. The molecule has 0 bridgehead atoms. The molecule has 3 aromatic carbocycles. The zero-order valence-corrected chi connectivity index (χ0v) is 19.5. The van der Waals surface area contributed by atoms with E-state index in [0.717, 1.165) is 5.56 Å². The Morgan fingerprint density at radius 2 is 1.73 bits per heavy atom. The Kier molecular flexibility index (Phi) is 8.04. The third kappa shape index (κ3) is 5.92. The van der Waals surface area contributed by atoms with E-state index in [1.807, 2.05) is 30.3 Å². The highest BCUT2D eigenvalue weighted by Crippen LogP contribution is 2.35. The first-order valence-electron chi connectivity index (χ1n) is 8.87. The SMILES string of the molecule is O=C(N/N=C\c1cc(Br)c(OCc2ccccc2Cl)c(Br)c1)[C@H](O)c1ccccc1. The van der Waals surface area contributed by atoms with Crippen molar-refractivity contribution in [1.29, 1.82) is 0 Å². The summed E-state index contributed by atoms with van der Waals surface area (Å²) in [4.78, 5) is 12.0. The Balaban J connectivity index is 1.63. The molecule has 1 amide bonds. The molecule has 0 aliphatic carbocycles. The Labute approximate surface area is 196 Å². The second-order valence-corrected chi connectivity index (χ2v) is 8.36. The minimum Gasteiger partial charge on any atom is -0.486 e. The van der Waals surface area contributed by atoms with Crippen LogP contribution in [-0.4, -0.2) is 17.2 Å². The normalized spacial score (nSPS) is 12.0. The number of carbonyl (C=O) groups excluding carboxylic acids is 1. The van der Waals surface area contributed by atoms with Gasteiger partial charge in [0.15, 0.2) is 6.10 Å². The summed E-state index contributed by atoms with van der Waals surface area (Å²) in [6.45, 7) is 0.317. The number of benzene rings is 3. The highest BCUT2D eigenvalue weighted by molar-refractivity contribution is 9.11. The molecule has 0 saturated carbocycles. The monoisotopic (exact) mass is 550 g/mol. The zero-order chi connectivity index (χ0) is 21.5. The van der Waals surface area contributed by atoms with Crippen molar-refractivity contribution in [1.82, 2.24) is 5.43 Å². The van der Waals surface area contributed by atoms with Crippen molar-refractivity contribution in [3.8, 4) is 5.75 Å². The van der Waals surface area contributed by atoms with E-state index in [-0.39, 0.29) is 0 Å². The highest BCUT2D eigenvalue weighted by Gasteiger charge is 2.16. The van der Waals surface area contributed by atoms with Gasteiger partial charge in [-0.05, 0) is 61.2 Å². The summed E-state index contributed by atoms with van der Waals surface area (Å²) in [6, 6.07) is 19.7. The first kappa shape index (κ1) is 22.5. The number of rotatable bonds is 7.